The molecule has 8 nitrogen and oxygen atoms in total. The Morgan fingerprint density at radius 3 is 2.81 bits per heavy atom. The average molecular weight is 451 g/mol. The van der Waals surface area contributed by atoms with Gasteiger partial charge in [-0.05, 0) is 48.9 Å². The molecule has 1 aromatic carbocycles. The maximum atomic E-state index is 11.0. The molecule has 6 rings (SSSR count). The van der Waals surface area contributed by atoms with Crippen molar-refractivity contribution in [3.8, 4) is 0 Å². The van der Waals surface area contributed by atoms with Crippen LogP contribution in [0.25, 0.3) is 21.9 Å². The van der Waals surface area contributed by atoms with Crippen LogP contribution in [0.1, 0.15) is 24.4 Å². The fourth-order valence-corrected chi connectivity index (χ4v) is 5.84. The fraction of sp³-hybridized carbons (Fsp3) is 0.348. The number of hydrogen-bond donors (Lipinski definition) is 4. The monoisotopic (exact) mass is 450 g/mol. The first-order valence-electron chi connectivity index (χ1n) is 10.7. The number of nitrogens with zero attached hydrogens (tertiary/aromatic N) is 4. The number of benzene rings is 1. The van der Waals surface area contributed by atoms with E-state index in [1.54, 1.807) is 0 Å². The lowest BCUT2D eigenvalue weighted by atomic mass is 9.91. The van der Waals surface area contributed by atoms with E-state index in [1.807, 2.05) is 35.0 Å². The number of nitrogen functional groups attached to an aromatic ring is 2. The molecule has 164 valence electrons. The van der Waals surface area contributed by atoms with Crippen LogP contribution < -0.4 is 11.5 Å². The second-order valence-electron chi connectivity index (χ2n) is 9.07. The Bertz CT molecular complexity index is 1370. The zero-order valence-electron chi connectivity index (χ0n) is 17.2. The summed E-state index contributed by atoms with van der Waals surface area (Å²) in [6.45, 7) is 0. The number of aliphatic hydroxyl groups excluding tert-OH is 2. The highest BCUT2D eigenvalue weighted by Gasteiger charge is 2.70. The van der Waals surface area contributed by atoms with Gasteiger partial charge in [-0.3, -0.25) is 0 Å². The summed E-state index contributed by atoms with van der Waals surface area (Å²) < 4.78 is 1.95. The Morgan fingerprint density at radius 1 is 1.12 bits per heavy atom. The van der Waals surface area contributed by atoms with Gasteiger partial charge in [0, 0.05) is 17.0 Å². The van der Waals surface area contributed by atoms with Gasteiger partial charge < -0.3 is 26.2 Å². The fourth-order valence-electron chi connectivity index (χ4n) is 5.68. The van der Waals surface area contributed by atoms with Crippen LogP contribution >= 0.6 is 11.6 Å². The van der Waals surface area contributed by atoms with Gasteiger partial charge in [-0.25, -0.2) is 15.0 Å². The molecule has 6 N–H and O–H groups in total. The van der Waals surface area contributed by atoms with Gasteiger partial charge in [-0.2, -0.15) is 0 Å². The van der Waals surface area contributed by atoms with Crippen LogP contribution in [0.2, 0.25) is 5.02 Å². The number of fused-ring (bicyclic) bond motifs is 3. The van der Waals surface area contributed by atoms with Crippen molar-refractivity contribution in [1.29, 1.82) is 0 Å². The molecule has 3 aromatic heterocycles. The lowest BCUT2D eigenvalue weighted by Gasteiger charge is -2.24. The van der Waals surface area contributed by atoms with Gasteiger partial charge in [0.2, 0.25) is 0 Å². The van der Waals surface area contributed by atoms with Crippen molar-refractivity contribution in [2.45, 2.75) is 37.5 Å². The van der Waals surface area contributed by atoms with E-state index in [1.165, 1.54) is 6.33 Å². The van der Waals surface area contributed by atoms with E-state index >= 15 is 0 Å². The Hall–Kier alpha value is -2.94. The van der Waals surface area contributed by atoms with Crippen molar-refractivity contribution >= 4 is 45.2 Å². The second-order valence-corrected chi connectivity index (χ2v) is 9.48. The van der Waals surface area contributed by atoms with Crippen molar-refractivity contribution in [2.75, 3.05) is 11.5 Å². The molecular formula is C23H23ClN6O2. The SMILES string of the molecule is Nc1nc2cc(CC[C@]34C[C@@H]3[C@@H](n3ccc5c(N)ncnc53)[C@H](O)[C@@H]4O)ccc2cc1Cl. The summed E-state index contributed by atoms with van der Waals surface area (Å²) in [5.41, 5.74) is 14.1. The van der Waals surface area contributed by atoms with Crippen molar-refractivity contribution in [1.82, 2.24) is 19.5 Å². The zero-order chi connectivity index (χ0) is 22.2. The molecule has 0 amide bonds. The molecule has 9 heteroatoms. The first kappa shape index (κ1) is 19.7. The van der Waals surface area contributed by atoms with E-state index in [9.17, 15) is 10.2 Å². The van der Waals surface area contributed by atoms with Crippen LogP contribution in [0, 0.1) is 11.3 Å². The first-order valence-corrected chi connectivity index (χ1v) is 11.0. The molecule has 0 aliphatic heterocycles. The predicted octanol–water partition coefficient (Wildman–Crippen LogP) is 2.71. The van der Waals surface area contributed by atoms with Gasteiger partial charge in [0.1, 0.15) is 29.7 Å². The third-order valence-electron chi connectivity index (χ3n) is 7.46. The third kappa shape index (κ3) is 2.73. The minimum atomic E-state index is -0.860. The highest BCUT2D eigenvalue weighted by atomic mass is 35.5. The normalized spacial score (nSPS) is 29.0. The number of hydrogen-bond acceptors (Lipinski definition) is 7. The molecule has 4 aromatic rings. The Labute approximate surface area is 188 Å². The summed E-state index contributed by atoms with van der Waals surface area (Å²) in [5, 5.41) is 24.1. The molecule has 0 saturated heterocycles. The van der Waals surface area contributed by atoms with E-state index in [0.717, 1.165) is 41.1 Å². The molecule has 2 fully saturated rings. The van der Waals surface area contributed by atoms with Crippen molar-refractivity contribution in [3.05, 3.63) is 53.4 Å². The minimum Gasteiger partial charge on any atom is -0.390 e. The van der Waals surface area contributed by atoms with Crippen LogP contribution in [-0.4, -0.2) is 41.9 Å². The summed E-state index contributed by atoms with van der Waals surface area (Å²) in [5.74, 6) is 0.903. The van der Waals surface area contributed by atoms with E-state index < -0.39 is 12.2 Å². The van der Waals surface area contributed by atoms with Gasteiger partial charge in [-0.1, -0.05) is 23.7 Å². The van der Waals surface area contributed by atoms with E-state index in [4.69, 9.17) is 23.1 Å². The number of aliphatic hydroxyl groups is 2. The lowest BCUT2D eigenvalue weighted by molar-refractivity contribution is -0.0191. The number of nitrogens with two attached hydrogens (primary N) is 2. The van der Waals surface area contributed by atoms with Crippen LogP contribution in [-0.2, 0) is 6.42 Å². The molecule has 5 atom stereocenters. The van der Waals surface area contributed by atoms with Crippen LogP contribution in [0.5, 0.6) is 0 Å². The number of aromatic nitrogens is 4. The van der Waals surface area contributed by atoms with Crippen LogP contribution in [0.4, 0.5) is 11.6 Å². The highest BCUT2D eigenvalue weighted by molar-refractivity contribution is 6.33. The van der Waals surface area contributed by atoms with Gasteiger partial charge in [0.15, 0.2) is 0 Å². The Balaban J connectivity index is 1.26. The summed E-state index contributed by atoms with van der Waals surface area (Å²) in [6, 6.07) is 9.51. The molecular weight excluding hydrogens is 428 g/mol. The molecule has 0 bridgehead atoms. The van der Waals surface area contributed by atoms with E-state index in [-0.39, 0.29) is 17.4 Å². The molecule has 3 heterocycles. The average Bonchev–Trinajstić information content (AvgIpc) is 3.27. The topological polar surface area (TPSA) is 136 Å². The van der Waals surface area contributed by atoms with E-state index in [2.05, 4.69) is 21.0 Å². The Morgan fingerprint density at radius 2 is 1.97 bits per heavy atom. The highest BCUT2D eigenvalue weighted by Crippen LogP contribution is 2.69. The minimum absolute atomic E-state index is 0.173. The second kappa shape index (κ2) is 6.78. The number of anilines is 2. The number of pyridine rings is 1. The molecule has 2 aliphatic rings. The maximum Gasteiger partial charge on any atom is 0.145 e. The largest absolute Gasteiger partial charge is 0.390 e. The number of rotatable bonds is 4. The molecule has 0 unspecified atom stereocenters. The smallest absolute Gasteiger partial charge is 0.145 e. The van der Waals surface area contributed by atoms with Crippen molar-refractivity contribution in [3.63, 3.8) is 0 Å². The molecule has 32 heavy (non-hydrogen) atoms. The van der Waals surface area contributed by atoms with Crippen LogP contribution in [0.3, 0.4) is 0 Å². The lowest BCUT2D eigenvalue weighted by Crippen LogP contribution is -2.34. The van der Waals surface area contributed by atoms with Gasteiger partial charge >= 0.3 is 0 Å². The van der Waals surface area contributed by atoms with Gasteiger partial charge in [0.25, 0.3) is 0 Å². The number of aryl methyl sites for hydroxylation is 1. The van der Waals surface area contributed by atoms with Gasteiger partial charge in [0.05, 0.1) is 28.1 Å². The first-order chi connectivity index (χ1) is 15.4. The van der Waals surface area contributed by atoms with E-state index in [0.29, 0.717) is 22.3 Å². The van der Waals surface area contributed by atoms with Crippen molar-refractivity contribution < 1.29 is 10.2 Å². The van der Waals surface area contributed by atoms with Crippen LogP contribution in [0.15, 0.2) is 42.9 Å². The number of halogens is 1. The van der Waals surface area contributed by atoms with Gasteiger partial charge in [-0.15, -0.1) is 0 Å². The molecule has 2 aliphatic carbocycles. The molecule has 2 saturated carbocycles. The predicted molar refractivity (Wildman–Crippen MR) is 123 cm³/mol. The van der Waals surface area contributed by atoms with Crippen molar-refractivity contribution in [2.24, 2.45) is 11.3 Å². The summed E-state index contributed by atoms with van der Waals surface area (Å²) in [6.07, 6.45) is 4.08. The molecule has 0 radical (unpaired) electrons. The quantitative estimate of drug-likeness (QED) is 0.375. The summed E-state index contributed by atoms with van der Waals surface area (Å²) in [4.78, 5) is 12.8. The Kier molecular flexibility index (Phi) is 4.18. The maximum absolute atomic E-state index is 11.0. The molecule has 0 spiro atoms. The zero-order valence-corrected chi connectivity index (χ0v) is 17.9. The summed E-state index contributed by atoms with van der Waals surface area (Å²) in [7, 11) is 0. The standard InChI is InChI=1S/C23H23ClN6O2/c24-15-8-12-2-1-11(7-16(12)29-21(15)26)3-5-23-9-14(23)17(18(31)19(23)32)30-6-4-13-20(25)27-10-28-22(13)30/h1-2,4,6-8,10,14,17-19,31-32H,3,5,9H2,(H2,26,29)(H2,25,27,28)/t14-,17-,18+,19+,23+/m1/s1. The third-order valence-corrected chi connectivity index (χ3v) is 7.76. The summed E-state index contributed by atoms with van der Waals surface area (Å²) >= 11 is 6.07.